The third-order valence-corrected chi connectivity index (χ3v) is 6.86. The number of hydrogen-bond donors (Lipinski definition) is 1. The van der Waals surface area contributed by atoms with E-state index in [2.05, 4.69) is 15.9 Å². The number of carboxylic acid groups (broad SMARTS) is 1. The van der Waals surface area contributed by atoms with Crippen LogP contribution in [0.15, 0.2) is 51.8 Å². The SMILES string of the molecule is Cc1ccc(S(=O)(=O)N2CC(CC(=O)O)c3ccccc32)c(Br)c1. The number of anilines is 1. The first kappa shape index (κ1) is 17.0. The molecular weight excluding hydrogens is 394 g/mol. The van der Waals surface area contributed by atoms with E-state index in [1.807, 2.05) is 6.92 Å². The summed E-state index contributed by atoms with van der Waals surface area (Å²) in [7, 11) is -3.77. The van der Waals surface area contributed by atoms with Crippen LogP contribution in [0.2, 0.25) is 0 Å². The van der Waals surface area contributed by atoms with Gasteiger partial charge >= 0.3 is 5.97 Å². The van der Waals surface area contributed by atoms with Crippen LogP contribution >= 0.6 is 15.9 Å². The predicted molar refractivity (Wildman–Crippen MR) is 94.8 cm³/mol. The van der Waals surface area contributed by atoms with Crippen molar-refractivity contribution in [3.63, 3.8) is 0 Å². The molecular formula is C17H16BrNO4S. The van der Waals surface area contributed by atoms with Crippen molar-refractivity contribution in [3.05, 3.63) is 58.1 Å². The van der Waals surface area contributed by atoms with Crippen LogP contribution in [0.25, 0.3) is 0 Å². The maximum atomic E-state index is 13.1. The lowest BCUT2D eigenvalue weighted by Gasteiger charge is -2.21. The van der Waals surface area contributed by atoms with Crippen molar-refractivity contribution >= 4 is 37.6 Å². The van der Waals surface area contributed by atoms with Crippen LogP contribution in [0.4, 0.5) is 5.69 Å². The Bertz CT molecular complexity index is 911. The Balaban J connectivity index is 2.07. The Morgan fingerprint density at radius 3 is 2.67 bits per heavy atom. The second-order valence-corrected chi connectivity index (χ2v) is 8.51. The average molecular weight is 410 g/mol. The lowest BCUT2D eigenvalue weighted by atomic mass is 9.98. The Labute approximate surface area is 149 Å². The highest BCUT2D eigenvalue weighted by Gasteiger charge is 2.37. The molecule has 2 aromatic carbocycles. The number of hydrogen-bond acceptors (Lipinski definition) is 3. The molecule has 1 atom stereocenters. The van der Waals surface area contributed by atoms with Crippen molar-refractivity contribution in [2.45, 2.75) is 24.2 Å². The number of benzene rings is 2. The summed E-state index contributed by atoms with van der Waals surface area (Å²) in [5.74, 6) is -1.29. The van der Waals surface area contributed by atoms with Crippen molar-refractivity contribution in [2.75, 3.05) is 10.8 Å². The van der Waals surface area contributed by atoms with Crippen molar-refractivity contribution in [1.82, 2.24) is 0 Å². The van der Waals surface area contributed by atoms with E-state index in [0.717, 1.165) is 11.1 Å². The number of aliphatic carboxylic acids is 1. The van der Waals surface area contributed by atoms with E-state index in [9.17, 15) is 13.2 Å². The first-order valence-corrected chi connectivity index (χ1v) is 9.63. The normalized spacial score (nSPS) is 16.9. The topological polar surface area (TPSA) is 74.7 Å². The molecule has 7 heteroatoms. The van der Waals surface area contributed by atoms with Gasteiger partial charge in [-0.1, -0.05) is 24.3 Å². The minimum Gasteiger partial charge on any atom is -0.481 e. The van der Waals surface area contributed by atoms with E-state index in [-0.39, 0.29) is 23.8 Å². The Morgan fingerprint density at radius 1 is 1.29 bits per heavy atom. The molecule has 126 valence electrons. The number of aryl methyl sites for hydroxylation is 1. The summed E-state index contributed by atoms with van der Waals surface area (Å²) >= 11 is 3.33. The van der Waals surface area contributed by atoms with Gasteiger partial charge in [-0.2, -0.15) is 0 Å². The fraction of sp³-hybridized carbons (Fsp3) is 0.235. The summed E-state index contributed by atoms with van der Waals surface area (Å²) in [6.45, 7) is 2.02. The molecule has 2 aromatic rings. The fourth-order valence-electron chi connectivity index (χ4n) is 3.00. The largest absolute Gasteiger partial charge is 0.481 e. The molecule has 5 nitrogen and oxygen atoms in total. The van der Waals surface area contributed by atoms with Crippen molar-refractivity contribution in [3.8, 4) is 0 Å². The van der Waals surface area contributed by atoms with Gasteiger partial charge < -0.3 is 5.11 Å². The van der Waals surface area contributed by atoms with E-state index in [1.165, 1.54) is 4.31 Å². The van der Waals surface area contributed by atoms with Crippen LogP contribution in [0.1, 0.15) is 23.5 Å². The van der Waals surface area contributed by atoms with Crippen LogP contribution in [-0.2, 0) is 14.8 Å². The molecule has 3 rings (SSSR count). The van der Waals surface area contributed by atoms with Gasteiger partial charge in [0.05, 0.1) is 12.1 Å². The molecule has 1 heterocycles. The minimum atomic E-state index is -3.77. The molecule has 0 aromatic heterocycles. The third-order valence-electron chi connectivity index (χ3n) is 4.11. The summed E-state index contributed by atoms with van der Waals surface area (Å²) in [6, 6.07) is 12.1. The van der Waals surface area contributed by atoms with Gasteiger partial charge in [0.25, 0.3) is 10.0 Å². The van der Waals surface area contributed by atoms with Gasteiger partial charge in [0.1, 0.15) is 4.90 Å². The number of sulfonamides is 1. The minimum absolute atomic E-state index is 0.0991. The molecule has 0 fully saturated rings. The fourth-order valence-corrected chi connectivity index (χ4v) is 5.69. The lowest BCUT2D eigenvalue weighted by molar-refractivity contribution is -0.137. The van der Waals surface area contributed by atoms with E-state index in [1.54, 1.807) is 42.5 Å². The van der Waals surface area contributed by atoms with Crippen LogP contribution in [-0.4, -0.2) is 26.0 Å². The molecule has 1 N–H and O–H groups in total. The van der Waals surface area contributed by atoms with Gasteiger partial charge in [-0.3, -0.25) is 9.10 Å². The van der Waals surface area contributed by atoms with Gasteiger partial charge in [0, 0.05) is 16.9 Å². The van der Waals surface area contributed by atoms with Crippen molar-refractivity contribution in [2.24, 2.45) is 0 Å². The molecule has 0 spiro atoms. The van der Waals surface area contributed by atoms with E-state index in [4.69, 9.17) is 5.11 Å². The van der Waals surface area contributed by atoms with Crippen molar-refractivity contribution in [1.29, 1.82) is 0 Å². The quantitative estimate of drug-likeness (QED) is 0.837. The maximum Gasteiger partial charge on any atom is 0.304 e. The summed E-state index contributed by atoms with van der Waals surface area (Å²) in [5.41, 5.74) is 2.26. The second-order valence-electron chi connectivity index (χ2n) is 5.82. The number of halogens is 1. The molecule has 0 bridgehead atoms. The summed E-state index contributed by atoms with van der Waals surface area (Å²) < 4.78 is 28.0. The molecule has 1 aliphatic heterocycles. The molecule has 0 amide bonds. The average Bonchev–Trinajstić information content (AvgIpc) is 2.86. The number of carbonyl (C=O) groups is 1. The number of fused-ring (bicyclic) bond motifs is 1. The van der Waals surface area contributed by atoms with Crippen LogP contribution < -0.4 is 4.31 Å². The zero-order valence-corrected chi connectivity index (χ0v) is 15.3. The van der Waals surface area contributed by atoms with E-state index in [0.29, 0.717) is 10.2 Å². The second kappa shape index (κ2) is 6.22. The Morgan fingerprint density at radius 2 is 2.00 bits per heavy atom. The Kier molecular flexibility index (Phi) is 4.40. The van der Waals surface area contributed by atoms with Gasteiger partial charge in [0.2, 0.25) is 0 Å². The smallest absolute Gasteiger partial charge is 0.304 e. The predicted octanol–water partition coefficient (Wildman–Crippen LogP) is 3.52. The van der Waals surface area contributed by atoms with Gasteiger partial charge in [-0.25, -0.2) is 8.42 Å². The van der Waals surface area contributed by atoms with Crippen molar-refractivity contribution < 1.29 is 18.3 Å². The molecule has 0 radical (unpaired) electrons. The summed E-state index contributed by atoms with van der Waals surface area (Å²) in [5, 5.41) is 9.10. The standard InChI is InChI=1S/C17H16BrNO4S/c1-11-6-7-16(14(18)8-11)24(22,23)19-10-12(9-17(20)21)13-4-2-3-5-15(13)19/h2-8,12H,9-10H2,1H3,(H,20,21). The van der Waals surface area contributed by atoms with E-state index < -0.39 is 16.0 Å². The highest BCUT2D eigenvalue weighted by atomic mass is 79.9. The molecule has 0 aliphatic carbocycles. The highest BCUT2D eigenvalue weighted by Crippen LogP contribution is 2.41. The highest BCUT2D eigenvalue weighted by molar-refractivity contribution is 9.10. The number of rotatable bonds is 4. The zero-order valence-electron chi connectivity index (χ0n) is 12.9. The first-order valence-electron chi connectivity index (χ1n) is 7.40. The first-order chi connectivity index (χ1) is 11.3. The Hall–Kier alpha value is -1.86. The monoisotopic (exact) mass is 409 g/mol. The molecule has 1 unspecified atom stereocenters. The molecule has 1 aliphatic rings. The lowest BCUT2D eigenvalue weighted by Crippen LogP contribution is -2.30. The third kappa shape index (κ3) is 2.93. The van der Waals surface area contributed by atoms with Gasteiger partial charge in [0.15, 0.2) is 0 Å². The number of nitrogens with zero attached hydrogens (tertiary/aromatic N) is 1. The van der Waals surface area contributed by atoms with Gasteiger partial charge in [-0.05, 0) is 52.2 Å². The zero-order chi connectivity index (χ0) is 17.5. The molecule has 0 saturated heterocycles. The molecule has 24 heavy (non-hydrogen) atoms. The maximum absolute atomic E-state index is 13.1. The summed E-state index contributed by atoms with van der Waals surface area (Å²) in [4.78, 5) is 11.3. The summed E-state index contributed by atoms with van der Waals surface area (Å²) in [6.07, 6.45) is -0.0991. The van der Waals surface area contributed by atoms with Crippen LogP contribution in [0.3, 0.4) is 0 Å². The van der Waals surface area contributed by atoms with E-state index >= 15 is 0 Å². The van der Waals surface area contributed by atoms with Crippen LogP contribution in [0.5, 0.6) is 0 Å². The number of para-hydroxylation sites is 1. The number of carboxylic acids is 1. The molecule has 0 saturated carbocycles. The van der Waals surface area contributed by atoms with Gasteiger partial charge in [-0.15, -0.1) is 0 Å². The van der Waals surface area contributed by atoms with Crippen LogP contribution in [0, 0.1) is 6.92 Å².